The molecule has 0 atom stereocenters. The summed E-state index contributed by atoms with van der Waals surface area (Å²) in [7, 11) is 0. The lowest BCUT2D eigenvalue weighted by atomic mass is 9.98. The zero-order valence-electron chi connectivity index (χ0n) is 9.92. The van der Waals surface area contributed by atoms with Crippen LogP contribution >= 0.6 is 0 Å². The van der Waals surface area contributed by atoms with Crippen molar-refractivity contribution in [2.45, 2.75) is 46.0 Å². The quantitative estimate of drug-likeness (QED) is 0.714. The molecule has 1 heteroatoms. The molecule has 0 aliphatic heterocycles. The van der Waals surface area contributed by atoms with Gasteiger partial charge in [0.1, 0.15) is 5.78 Å². The smallest absolute Gasteiger partial charge is 0.132 e. The van der Waals surface area contributed by atoms with Crippen molar-refractivity contribution in [2.75, 3.05) is 0 Å². The molecule has 1 nitrogen and oxygen atoms in total. The van der Waals surface area contributed by atoms with E-state index in [4.69, 9.17) is 0 Å². The highest BCUT2D eigenvalue weighted by Crippen LogP contribution is 2.16. The number of ketones is 1. The van der Waals surface area contributed by atoms with Gasteiger partial charge in [-0.25, -0.2) is 0 Å². The zero-order chi connectivity index (χ0) is 11.3. The molecule has 0 fully saturated rings. The molecule has 15 heavy (non-hydrogen) atoms. The van der Waals surface area contributed by atoms with Crippen LogP contribution in [0.1, 0.15) is 50.7 Å². The fourth-order valence-corrected chi connectivity index (χ4v) is 1.57. The monoisotopic (exact) mass is 204 g/mol. The van der Waals surface area contributed by atoms with Gasteiger partial charge in [0.25, 0.3) is 0 Å². The number of carbonyl (C=O) groups is 1. The molecule has 1 aromatic rings. The van der Waals surface area contributed by atoms with Gasteiger partial charge in [0.05, 0.1) is 0 Å². The van der Waals surface area contributed by atoms with Crippen LogP contribution in [-0.2, 0) is 11.2 Å². The van der Waals surface area contributed by atoms with Crippen LogP contribution in [0.2, 0.25) is 0 Å². The Bertz CT molecular complexity index is 326. The molecule has 0 amide bonds. The Hall–Kier alpha value is -1.11. The molecular weight excluding hydrogens is 184 g/mol. The van der Waals surface area contributed by atoms with Gasteiger partial charge in [0.15, 0.2) is 0 Å². The molecule has 0 spiro atoms. The molecule has 0 N–H and O–H groups in total. The lowest BCUT2D eigenvalue weighted by molar-refractivity contribution is -0.118. The summed E-state index contributed by atoms with van der Waals surface area (Å²) in [6.07, 6.45) is 2.22. The van der Waals surface area contributed by atoms with E-state index in [0.29, 0.717) is 24.5 Å². The summed E-state index contributed by atoms with van der Waals surface area (Å²) in [5.74, 6) is 0.914. The van der Waals surface area contributed by atoms with E-state index >= 15 is 0 Å². The Labute approximate surface area is 92.5 Å². The largest absolute Gasteiger partial charge is 0.300 e. The fraction of sp³-hybridized carbons (Fsp3) is 0.500. The van der Waals surface area contributed by atoms with Gasteiger partial charge in [-0.1, -0.05) is 45.0 Å². The van der Waals surface area contributed by atoms with Crippen molar-refractivity contribution in [1.82, 2.24) is 0 Å². The van der Waals surface area contributed by atoms with Crippen LogP contribution in [-0.4, -0.2) is 5.78 Å². The maximum Gasteiger partial charge on any atom is 0.132 e. The van der Waals surface area contributed by atoms with E-state index in [9.17, 15) is 4.79 Å². The third-order valence-corrected chi connectivity index (χ3v) is 2.70. The van der Waals surface area contributed by atoms with Crippen molar-refractivity contribution >= 4 is 5.78 Å². The van der Waals surface area contributed by atoms with E-state index in [1.807, 2.05) is 6.92 Å². The molecule has 0 heterocycles. The molecule has 0 saturated heterocycles. The van der Waals surface area contributed by atoms with Crippen molar-refractivity contribution < 1.29 is 4.79 Å². The van der Waals surface area contributed by atoms with Crippen LogP contribution < -0.4 is 0 Å². The predicted octanol–water partition coefficient (Wildman–Crippen LogP) is 3.72. The first-order chi connectivity index (χ1) is 7.13. The number of hydrogen-bond acceptors (Lipinski definition) is 1. The number of aryl methyl sites for hydroxylation is 1. The number of hydrogen-bond donors (Lipinski definition) is 0. The van der Waals surface area contributed by atoms with Crippen molar-refractivity contribution in [3.63, 3.8) is 0 Å². The third kappa shape index (κ3) is 3.86. The Morgan fingerprint density at radius 3 is 2.67 bits per heavy atom. The molecule has 0 saturated carbocycles. The van der Waals surface area contributed by atoms with Crippen LogP contribution in [0, 0.1) is 0 Å². The van der Waals surface area contributed by atoms with Crippen LogP contribution in [0.15, 0.2) is 24.3 Å². The average molecular weight is 204 g/mol. The van der Waals surface area contributed by atoms with Gasteiger partial charge in [-0.2, -0.15) is 0 Å². The summed E-state index contributed by atoms with van der Waals surface area (Å²) in [5, 5.41) is 0. The van der Waals surface area contributed by atoms with Gasteiger partial charge in [-0.3, -0.25) is 4.79 Å². The Morgan fingerprint density at radius 2 is 2.07 bits per heavy atom. The first-order valence-electron chi connectivity index (χ1n) is 5.74. The van der Waals surface area contributed by atoms with Crippen LogP contribution in [0.5, 0.6) is 0 Å². The van der Waals surface area contributed by atoms with Crippen molar-refractivity contribution in [1.29, 1.82) is 0 Å². The maximum absolute atomic E-state index is 11.2. The molecule has 0 unspecified atom stereocenters. The molecule has 1 aromatic carbocycles. The van der Waals surface area contributed by atoms with Crippen molar-refractivity contribution in [3.8, 4) is 0 Å². The first kappa shape index (κ1) is 12.0. The molecule has 0 bridgehead atoms. The molecule has 0 aromatic heterocycles. The van der Waals surface area contributed by atoms with Gasteiger partial charge in [0.2, 0.25) is 0 Å². The van der Waals surface area contributed by atoms with E-state index in [1.54, 1.807) is 0 Å². The lowest BCUT2D eigenvalue weighted by Gasteiger charge is -2.07. The third-order valence-electron chi connectivity index (χ3n) is 2.70. The number of benzene rings is 1. The second kappa shape index (κ2) is 5.69. The van der Waals surface area contributed by atoms with Gasteiger partial charge in [-0.15, -0.1) is 0 Å². The standard InChI is InChI=1S/C14H20O/c1-4-14(15)9-8-12-6-5-7-13(10-12)11(2)3/h5-7,10-11H,4,8-9H2,1-3H3. The van der Waals surface area contributed by atoms with E-state index in [0.717, 1.165) is 6.42 Å². The van der Waals surface area contributed by atoms with Crippen LogP contribution in [0.4, 0.5) is 0 Å². The number of rotatable bonds is 5. The van der Waals surface area contributed by atoms with Crippen LogP contribution in [0.3, 0.4) is 0 Å². The van der Waals surface area contributed by atoms with Crippen molar-refractivity contribution in [2.24, 2.45) is 0 Å². The summed E-state index contributed by atoms with van der Waals surface area (Å²) in [4.78, 5) is 11.2. The molecule has 1 rings (SSSR count). The average Bonchev–Trinajstić information content (AvgIpc) is 2.26. The minimum absolute atomic E-state index is 0.352. The fourth-order valence-electron chi connectivity index (χ4n) is 1.57. The summed E-state index contributed by atoms with van der Waals surface area (Å²) in [5.41, 5.74) is 2.64. The van der Waals surface area contributed by atoms with Gasteiger partial charge in [-0.05, 0) is 23.5 Å². The molecular formula is C14H20O. The second-order valence-corrected chi connectivity index (χ2v) is 4.29. The summed E-state index contributed by atoms with van der Waals surface area (Å²) < 4.78 is 0. The second-order valence-electron chi connectivity index (χ2n) is 4.29. The Morgan fingerprint density at radius 1 is 1.33 bits per heavy atom. The number of Topliss-reactive ketones (excluding diaryl/α,β-unsaturated/α-hetero) is 1. The minimum atomic E-state index is 0.352. The molecule has 0 aliphatic rings. The summed E-state index contributed by atoms with van der Waals surface area (Å²) in [6.45, 7) is 6.31. The highest BCUT2D eigenvalue weighted by molar-refractivity contribution is 5.78. The van der Waals surface area contributed by atoms with E-state index in [1.165, 1.54) is 11.1 Å². The molecule has 0 aliphatic carbocycles. The summed E-state index contributed by atoms with van der Waals surface area (Å²) in [6, 6.07) is 8.55. The van der Waals surface area contributed by atoms with Gasteiger partial charge >= 0.3 is 0 Å². The Balaban J connectivity index is 2.61. The topological polar surface area (TPSA) is 17.1 Å². The molecule has 0 radical (unpaired) electrons. The Kier molecular flexibility index (Phi) is 4.54. The van der Waals surface area contributed by atoms with Gasteiger partial charge < -0.3 is 0 Å². The lowest BCUT2D eigenvalue weighted by Crippen LogP contribution is -1.98. The SMILES string of the molecule is CCC(=O)CCc1cccc(C(C)C)c1. The van der Waals surface area contributed by atoms with Crippen molar-refractivity contribution in [3.05, 3.63) is 35.4 Å². The normalized spacial score (nSPS) is 10.7. The minimum Gasteiger partial charge on any atom is -0.300 e. The van der Waals surface area contributed by atoms with Crippen LogP contribution in [0.25, 0.3) is 0 Å². The van der Waals surface area contributed by atoms with E-state index in [2.05, 4.69) is 38.1 Å². The maximum atomic E-state index is 11.2. The highest BCUT2D eigenvalue weighted by atomic mass is 16.1. The number of carbonyl (C=O) groups excluding carboxylic acids is 1. The first-order valence-corrected chi connectivity index (χ1v) is 5.74. The van der Waals surface area contributed by atoms with E-state index < -0.39 is 0 Å². The van der Waals surface area contributed by atoms with Gasteiger partial charge in [0, 0.05) is 12.8 Å². The predicted molar refractivity (Wildman–Crippen MR) is 64.2 cm³/mol. The summed E-state index contributed by atoms with van der Waals surface area (Å²) >= 11 is 0. The zero-order valence-corrected chi connectivity index (χ0v) is 9.92. The van der Waals surface area contributed by atoms with E-state index in [-0.39, 0.29) is 0 Å². The molecule has 82 valence electrons. The highest BCUT2D eigenvalue weighted by Gasteiger charge is 2.02.